The summed E-state index contributed by atoms with van der Waals surface area (Å²) in [6.07, 6.45) is 0.781. The van der Waals surface area contributed by atoms with E-state index in [1.54, 1.807) is 31.4 Å². The molecule has 3 aromatic carbocycles. The summed E-state index contributed by atoms with van der Waals surface area (Å²) in [5.41, 5.74) is 5.98. The summed E-state index contributed by atoms with van der Waals surface area (Å²) in [6, 6.07) is 24.7. The Morgan fingerprint density at radius 1 is 0.634 bits per heavy atom. The molecule has 222 valence electrons. The van der Waals surface area contributed by atoms with Gasteiger partial charge in [0, 0.05) is 5.56 Å². The standard InChI is InChI=1S/C37H50O4/c1-26(22-28-10-16-31(17-11-28)36(3,4)5)24-40-35(34(38)30-14-20-33(39-9)21-15-30)41-25-27(2)23-29-12-18-32(19-13-29)37(6,7)8/h10-21,26-27,35H,22-25H2,1-9H3. The van der Waals surface area contributed by atoms with Crippen molar-refractivity contribution in [3.63, 3.8) is 0 Å². The third kappa shape index (κ3) is 10.1. The monoisotopic (exact) mass is 558 g/mol. The molecule has 0 saturated heterocycles. The Kier molecular flexibility index (Phi) is 11.3. The molecule has 0 saturated carbocycles. The van der Waals surface area contributed by atoms with Gasteiger partial charge in [0.05, 0.1) is 20.3 Å². The average molecular weight is 559 g/mol. The van der Waals surface area contributed by atoms with Crippen LogP contribution in [0.3, 0.4) is 0 Å². The molecule has 2 unspecified atom stereocenters. The number of carbonyl (C=O) groups is 1. The van der Waals surface area contributed by atoms with Crippen molar-refractivity contribution in [2.24, 2.45) is 11.8 Å². The van der Waals surface area contributed by atoms with Gasteiger partial charge >= 0.3 is 0 Å². The largest absolute Gasteiger partial charge is 0.497 e. The average Bonchev–Trinajstić information content (AvgIpc) is 2.92. The van der Waals surface area contributed by atoms with Crippen molar-refractivity contribution in [3.05, 3.63) is 101 Å². The van der Waals surface area contributed by atoms with Gasteiger partial charge in [0.25, 0.3) is 0 Å². The second-order valence-corrected chi connectivity index (χ2v) is 13.6. The molecule has 0 aliphatic rings. The van der Waals surface area contributed by atoms with Gasteiger partial charge in [-0.25, -0.2) is 0 Å². The molecule has 0 aliphatic heterocycles. The highest BCUT2D eigenvalue weighted by Gasteiger charge is 2.24. The van der Waals surface area contributed by atoms with Gasteiger partial charge in [-0.2, -0.15) is 0 Å². The quantitative estimate of drug-likeness (QED) is 0.156. The first kappa shape index (κ1) is 32.6. The summed E-state index contributed by atoms with van der Waals surface area (Å²) in [5, 5.41) is 0. The highest BCUT2D eigenvalue weighted by molar-refractivity contribution is 5.98. The molecule has 0 spiro atoms. The predicted molar refractivity (Wildman–Crippen MR) is 169 cm³/mol. The van der Waals surface area contributed by atoms with Gasteiger partial charge < -0.3 is 14.2 Å². The van der Waals surface area contributed by atoms with E-state index in [0.29, 0.717) is 24.5 Å². The van der Waals surface area contributed by atoms with Crippen molar-refractivity contribution < 1.29 is 19.0 Å². The number of ether oxygens (including phenoxy) is 3. The Hall–Kier alpha value is -2.95. The molecule has 4 heteroatoms. The molecule has 0 amide bonds. The van der Waals surface area contributed by atoms with Gasteiger partial charge in [0.15, 0.2) is 0 Å². The first-order chi connectivity index (χ1) is 19.3. The van der Waals surface area contributed by atoms with Crippen LogP contribution in [0.25, 0.3) is 0 Å². The first-order valence-corrected chi connectivity index (χ1v) is 14.9. The van der Waals surface area contributed by atoms with E-state index in [1.165, 1.54) is 22.3 Å². The van der Waals surface area contributed by atoms with E-state index in [4.69, 9.17) is 14.2 Å². The molecule has 0 heterocycles. The van der Waals surface area contributed by atoms with Crippen molar-refractivity contribution in [1.29, 1.82) is 0 Å². The van der Waals surface area contributed by atoms with Crippen molar-refractivity contribution in [3.8, 4) is 5.75 Å². The lowest BCUT2D eigenvalue weighted by Gasteiger charge is -2.23. The van der Waals surface area contributed by atoms with Gasteiger partial charge in [0.1, 0.15) is 5.75 Å². The fourth-order valence-corrected chi connectivity index (χ4v) is 4.80. The van der Waals surface area contributed by atoms with E-state index < -0.39 is 6.29 Å². The molecule has 3 rings (SSSR count). The van der Waals surface area contributed by atoms with Gasteiger partial charge in [-0.05, 0) is 82.0 Å². The van der Waals surface area contributed by atoms with E-state index in [9.17, 15) is 4.79 Å². The fourth-order valence-electron chi connectivity index (χ4n) is 4.80. The highest BCUT2D eigenvalue weighted by atomic mass is 16.7. The third-order valence-corrected chi connectivity index (χ3v) is 7.46. The lowest BCUT2D eigenvalue weighted by Crippen LogP contribution is -2.31. The van der Waals surface area contributed by atoms with Crippen LogP contribution in [0.1, 0.15) is 88.0 Å². The van der Waals surface area contributed by atoms with Crippen molar-refractivity contribution in [2.45, 2.75) is 85.4 Å². The highest BCUT2D eigenvalue weighted by Crippen LogP contribution is 2.25. The molecule has 3 aromatic rings. The minimum absolute atomic E-state index is 0.132. The summed E-state index contributed by atoms with van der Waals surface area (Å²) >= 11 is 0. The van der Waals surface area contributed by atoms with Crippen LogP contribution in [-0.4, -0.2) is 32.4 Å². The molecular weight excluding hydrogens is 508 g/mol. The van der Waals surface area contributed by atoms with Gasteiger partial charge in [-0.3, -0.25) is 4.79 Å². The zero-order chi connectivity index (χ0) is 30.2. The minimum atomic E-state index is -0.958. The summed E-state index contributed by atoms with van der Waals surface area (Å²) in [7, 11) is 1.61. The second kappa shape index (κ2) is 14.3. The minimum Gasteiger partial charge on any atom is -0.497 e. The maximum Gasteiger partial charge on any atom is 0.222 e. The Bertz CT molecular complexity index is 1140. The Morgan fingerprint density at radius 3 is 1.37 bits per heavy atom. The summed E-state index contributed by atoms with van der Waals surface area (Å²) < 4.78 is 17.6. The van der Waals surface area contributed by atoms with Crippen LogP contribution in [0.4, 0.5) is 0 Å². The van der Waals surface area contributed by atoms with Gasteiger partial charge in [-0.15, -0.1) is 0 Å². The number of methoxy groups -OCH3 is 1. The number of Topliss-reactive ketones (excluding diaryl/α,β-unsaturated/α-hetero) is 1. The molecule has 0 aromatic heterocycles. The van der Waals surface area contributed by atoms with Crippen molar-refractivity contribution in [1.82, 2.24) is 0 Å². The zero-order valence-electron chi connectivity index (χ0n) is 26.6. The number of hydrogen-bond acceptors (Lipinski definition) is 4. The molecule has 0 fully saturated rings. The first-order valence-electron chi connectivity index (χ1n) is 14.9. The summed E-state index contributed by atoms with van der Waals surface area (Å²) in [4.78, 5) is 13.5. The smallest absolute Gasteiger partial charge is 0.222 e. The maximum absolute atomic E-state index is 13.5. The topological polar surface area (TPSA) is 44.8 Å². The van der Waals surface area contributed by atoms with E-state index in [-0.39, 0.29) is 28.4 Å². The van der Waals surface area contributed by atoms with Crippen molar-refractivity contribution in [2.75, 3.05) is 20.3 Å². The molecular formula is C37H50O4. The number of rotatable bonds is 13. The normalized spacial score (nSPS) is 14.4. The van der Waals surface area contributed by atoms with E-state index in [1.807, 2.05) is 0 Å². The molecule has 0 radical (unpaired) electrons. The molecule has 4 nitrogen and oxygen atoms in total. The zero-order valence-corrected chi connectivity index (χ0v) is 26.6. The molecule has 41 heavy (non-hydrogen) atoms. The lowest BCUT2D eigenvalue weighted by molar-refractivity contribution is -0.127. The van der Waals surface area contributed by atoms with E-state index in [2.05, 4.69) is 104 Å². The van der Waals surface area contributed by atoms with Crippen LogP contribution in [-0.2, 0) is 33.1 Å². The van der Waals surface area contributed by atoms with Crippen LogP contribution >= 0.6 is 0 Å². The molecule has 0 N–H and O–H groups in total. The van der Waals surface area contributed by atoms with E-state index in [0.717, 1.165) is 12.8 Å². The van der Waals surface area contributed by atoms with Crippen LogP contribution in [0, 0.1) is 11.8 Å². The van der Waals surface area contributed by atoms with Crippen molar-refractivity contribution >= 4 is 5.78 Å². The molecule has 2 atom stereocenters. The van der Waals surface area contributed by atoms with Crippen LogP contribution in [0.5, 0.6) is 5.75 Å². The number of benzene rings is 3. The molecule has 0 aliphatic carbocycles. The summed E-state index contributed by atoms with van der Waals surface area (Å²) in [6.45, 7) is 18.5. The Labute approximate surface area is 248 Å². The predicted octanol–water partition coefficient (Wildman–Crippen LogP) is 8.59. The second-order valence-electron chi connectivity index (χ2n) is 13.6. The Morgan fingerprint density at radius 2 is 1.02 bits per heavy atom. The lowest BCUT2D eigenvalue weighted by atomic mass is 9.86. The van der Waals surface area contributed by atoms with Crippen LogP contribution in [0.2, 0.25) is 0 Å². The van der Waals surface area contributed by atoms with Gasteiger partial charge in [0.2, 0.25) is 12.1 Å². The van der Waals surface area contributed by atoms with Gasteiger partial charge in [-0.1, -0.05) is 104 Å². The summed E-state index contributed by atoms with van der Waals surface area (Å²) in [5.74, 6) is 0.987. The molecule has 0 bridgehead atoms. The van der Waals surface area contributed by atoms with E-state index >= 15 is 0 Å². The number of hydrogen-bond donors (Lipinski definition) is 0. The number of ketones is 1. The third-order valence-electron chi connectivity index (χ3n) is 7.46. The SMILES string of the molecule is COc1ccc(C(=O)C(OCC(C)Cc2ccc(C(C)(C)C)cc2)OCC(C)Cc2ccc(C(C)(C)C)cc2)cc1. The number of carbonyl (C=O) groups excluding carboxylic acids is 1. The van der Waals surface area contributed by atoms with Crippen LogP contribution in [0.15, 0.2) is 72.8 Å². The Balaban J connectivity index is 1.63. The van der Waals surface area contributed by atoms with Crippen LogP contribution < -0.4 is 4.74 Å². The maximum atomic E-state index is 13.5. The fraction of sp³-hybridized carbons (Fsp3) is 0.486.